The van der Waals surface area contributed by atoms with Gasteiger partial charge in [-0.1, -0.05) is 0 Å². The molecule has 3 atom stereocenters. The van der Waals surface area contributed by atoms with Crippen molar-refractivity contribution in [3.05, 3.63) is 59.9 Å². The van der Waals surface area contributed by atoms with Gasteiger partial charge >= 0.3 is 0 Å². The van der Waals surface area contributed by atoms with Crippen LogP contribution in [-0.2, 0) is 14.3 Å². The van der Waals surface area contributed by atoms with Crippen LogP contribution in [0, 0.1) is 5.82 Å². The van der Waals surface area contributed by atoms with Gasteiger partial charge in [0.1, 0.15) is 29.1 Å². The van der Waals surface area contributed by atoms with E-state index in [1.165, 1.54) is 29.2 Å². The molecule has 2 amide bonds. The number of aliphatic hydroxyl groups is 2. The molecular formula is C24H25FN4O6. The molecule has 0 aromatic heterocycles. The average molecular weight is 484 g/mol. The zero-order chi connectivity index (χ0) is 24.9. The van der Waals surface area contributed by atoms with Crippen LogP contribution in [0.3, 0.4) is 0 Å². The van der Waals surface area contributed by atoms with Gasteiger partial charge in [0.05, 0.1) is 12.7 Å². The van der Waals surface area contributed by atoms with Crippen LogP contribution in [0.1, 0.15) is 18.4 Å². The Balaban J connectivity index is 1.47. The number of amides is 2. The molecule has 1 saturated heterocycles. The maximum atomic E-state index is 13.1. The molecule has 0 spiro atoms. The number of hydrogen-bond donors (Lipinski definition) is 3. The zero-order valence-corrected chi connectivity index (χ0v) is 18.7. The van der Waals surface area contributed by atoms with Crippen LogP contribution in [0.2, 0.25) is 0 Å². The number of halogens is 1. The van der Waals surface area contributed by atoms with Crippen molar-refractivity contribution in [2.45, 2.75) is 31.3 Å². The molecule has 0 saturated carbocycles. The van der Waals surface area contributed by atoms with E-state index in [0.29, 0.717) is 30.0 Å². The lowest BCUT2D eigenvalue weighted by molar-refractivity contribution is -0.141. The predicted molar refractivity (Wildman–Crippen MR) is 124 cm³/mol. The topological polar surface area (TPSA) is 147 Å². The molecule has 4 rings (SSSR count). The molecule has 0 radical (unpaired) electrons. The molecular weight excluding hydrogens is 459 g/mol. The highest BCUT2D eigenvalue weighted by Crippen LogP contribution is 2.24. The SMILES string of the molecule is NC(=O)C1=NC(c2ccc(Oc3ccc(F)cc3)cc2)=NC(O[C@H]2CCN(C[C@H](O)CO)C2=O)C1. The van der Waals surface area contributed by atoms with Crippen LogP contribution in [0.4, 0.5) is 4.39 Å². The van der Waals surface area contributed by atoms with Crippen LogP contribution in [0.25, 0.3) is 0 Å². The van der Waals surface area contributed by atoms with Gasteiger partial charge in [0.2, 0.25) is 0 Å². The Morgan fingerprint density at radius 1 is 1.17 bits per heavy atom. The summed E-state index contributed by atoms with van der Waals surface area (Å²) >= 11 is 0. The lowest BCUT2D eigenvalue weighted by Crippen LogP contribution is -2.39. The van der Waals surface area contributed by atoms with Crippen LogP contribution in [0.5, 0.6) is 11.5 Å². The molecule has 4 N–H and O–H groups in total. The largest absolute Gasteiger partial charge is 0.457 e. The van der Waals surface area contributed by atoms with Crippen LogP contribution in [-0.4, -0.2) is 76.6 Å². The highest BCUT2D eigenvalue weighted by atomic mass is 19.1. The molecule has 35 heavy (non-hydrogen) atoms. The zero-order valence-electron chi connectivity index (χ0n) is 18.7. The van der Waals surface area contributed by atoms with Gasteiger partial charge in [-0.05, 0) is 48.5 Å². The molecule has 2 aromatic carbocycles. The highest BCUT2D eigenvalue weighted by molar-refractivity contribution is 6.41. The Bertz CT molecular complexity index is 1140. The number of ether oxygens (including phenoxy) is 2. The number of aliphatic hydroxyl groups excluding tert-OH is 2. The number of hydrogen-bond acceptors (Lipinski definition) is 8. The minimum Gasteiger partial charge on any atom is -0.457 e. The molecule has 2 aliphatic heterocycles. The highest BCUT2D eigenvalue weighted by Gasteiger charge is 2.36. The van der Waals surface area contributed by atoms with E-state index in [9.17, 15) is 19.1 Å². The number of primary amides is 1. The maximum Gasteiger partial charge on any atom is 0.263 e. The second kappa shape index (κ2) is 10.7. The number of carbonyl (C=O) groups excluding carboxylic acids is 2. The second-order valence-corrected chi connectivity index (χ2v) is 8.15. The first-order valence-electron chi connectivity index (χ1n) is 11.0. The van der Waals surface area contributed by atoms with Gasteiger partial charge in [-0.2, -0.15) is 0 Å². The number of amidine groups is 1. The summed E-state index contributed by atoms with van der Waals surface area (Å²) in [6.07, 6.45) is -2.27. The fourth-order valence-electron chi connectivity index (χ4n) is 3.75. The number of benzene rings is 2. The standard InChI is InChI=1S/C24H25FN4O6/c25-15-3-7-18(8-4-15)34-17-5-1-14(2-6-17)23-27-19(22(26)32)11-21(28-23)35-20-9-10-29(24(20)33)12-16(31)13-30/h1-8,16,20-21,30-31H,9-13H2,(H2,26,32)/t16-,20-,21?/m0/s1. The fourth-order valence-corrected chi connectivity index (χ4v) is 3.75. The van der Waals surface area contributed by atoms with Crippen molar-refractivity contribution < 1.29 is 33.7 Å². The lowest BCUT2D eigenvalue weighted by Gasteiger charge is -2.23. The Morgan fingerprint density at radius 3 is 2.46 bits per heavy atom. The number of carbonyl (C=O) groups is 2. The second-order valence-electron chi connectivity index (χ2n) is 8.15. The van der Waals surface area contributed by atoms with Crippen molar-refractivity contribution in [2.24, 2.45) is 15.7 Å². The Hall–Kier alpha value is -3.67. The third-order valence-corrected chi connectivity index (χ3v) is 5.53. The minimum absolute atomic E-state index is 0.00864. The molecule has 1 fully saturated rings. The number of aliphatic imine (C=N–C) groups is 2. The number of nitrogens with zero attached hydrogens (tertiary/aromatic N) is 3. The Labute approximate surface area is 200 Å². The monoisotopic (exact) mass is 484 g/mol. The summed E-state index contributed by atoms with van der Waals surface area (Å²) in [6, 6.07) is 12.4. The normalized spacial score (nSPS) is 20.9. The van der Waals surface area contributed by atoms with E-state index in [4.69, 9.17) is 20.3 Å². The summed E-state index contributed by atoms with van der Waals surface area (Å²) in [7, 11) is 0. The van der Waals surface area contributed by atoms with Crippen molar-refractivity contribution in [1.29, 1.82) is 0 Å². The van der Waals surface area contributed by atoms with E-state index < -0.39 is 30.9 Å². The predicted octanol–water partition coefficient (Wildman–Crippen LogP) is 0.991. The number of rotatable bonds is 9. The molecule has 2 heterocycles. The molecule has 0 bridgehead atoms. The summed E-state index contributed by atoms with van der Waals surface area (Å²) < 4.78 is 24.6. The van der Waals surface area contributed by atoms with E-state index >= 15 is 0 Å². The third kappa shape index (κ3) is 6.07. The average Bonchev–Trinajstić information content (AvgIpc) is 3.19. The van der Waals surface area contributed by atoms with Gasteiger partial charge in [-0.3, -0.25) is 9.59 Å². The van der Waals surface area contributed by atoms with Gasteiger partial charge in [0, 0.05) is 31.5 Å². The summed E-state index contributed by atoms with van der Waals surface area (Å²) in [5.41, 5.74) is 6.12. The van der Waals surface area contributed by atoms with Gasteiger partial charge in [-0.15, -0.1) is 0 Å². The third-order valence-electron chi connectivity index (χ3n) is 5.53. The lowest BCUT2D eigenvalue weighted by atomic mass is 10.1. The number of β-amino-alcohol motifs (C(OH)–C–C–N with tert-alkyl or cyclic N) is 1. The molecule has 2 aliphatic rings. The smallest absolute Gasteiger partial charge is 0.263 e. The van der Waals surface area contributed by atoms with Crippen molar-refractivity contribution >= 4 is 23.4 Å². The fraction of sp³-hybridized carbons (Fsp3) is 0.333. The van der Waals surface area contributed by atoms with E-state index in [-0.39, 0.29) is 36.2 Å². The van der Waals surface area contributed by atoms with Crippen molar-refractivity contribution in [3.63, 3.8) is 0 Å². The van der Waals surface area contributed by atoms with Gasteiger partial charge < -0.3 is 30.3 Å². The first kappa shape index (κ1) is 24.5. The molecule has 0 aliphatic carbocycles. The Kier molecular flexibility index (Phi) is 7.49. The van der Waals surface area contributed by atoms with Gasteiger partial charge in [0.15, 0.2) is 12.1 Å². The van der Waals surface area contributed by atoms with E-state index in [2.05, 4.69) is 9.98 Å². The minimum atomic E-state index is -1.03. The Morgan fingerprint density at radius 2 is 1.83 bits per heavy atom. The molecule has 2 aromatic rings. The first-order valence-corrected chi connectivity index (χ1v) is 11.0. The van der Waals surface area contributed by atoms with Crippen LogP contribution < -0.4 is 10.5 Å². The number of nitrogens with two attached hydrogens (primary N) is 1. The van der Waals surface area contributed by atoms with Crippen LogP contribution in [0.15, 0.2) is 58.5 Å². The van der Waals surface area contributed by atoms with Crippen molar-refractivity contribution in [3.8, 4) is 11.5 Å². The van der Waals surface area contributed by atoms with Crippen molar-refractivity contribution in [2.75, 3.05) is 19.7 Å². The van der Waals surface area contributed by atoms with E-state index in [1.54, 1.807) is 24.3 Å². The quantitative estimate of drug-likeness (QED) is 0.484. The molecule has 11 heteroatoms. The van der Waals surface area contributed by atoms with E-state index in [0.717, 1.165) is 0 Å². The summed E-state index contributed by atoms with van der Waals surface area (Å²) in [5.74, 6) is -0.199. The molecule has 1 unspecified atom stereocenters. The molecule has 10 nitrogen and oxygen atoms in total. The van der Waals surface area contributed by atoms with Gasteiger partial charge in [0.25, 0.3) is 11.8 Å². The summed E-state index contributed by atoms with van der Waals surface area (Å²) in [6.45, 7) is -0.0669. The van der Waals surface area contributed by atoms with E-state index in [1.807, 2.05) is 0 Å². The van der Waals surface area contributed by atoms with Crippen LogP contribution >= 0.6 is 0 Å². The summed E-state index contributed by atoms with van der Waals surface area (Å²) in [5, 5.41) is 18.6. The summed E-state index contributed by atoms with van der Waals surface area (Å²) in [4.78, 5) is 34.6. The van der Waals surface area contributed by atoms with Gasteiger partial charge in [-0.25, -0.2) is 14.4 Å². The number of likely N-dealkylation sites (tertiary alicyclic amines) is 1. The van der Waals surface area contributed by atoms with Crippen molar-refractivity contribution in [1.82, 2.24) is 4.90 Å². The maximum absolute atomic E-state index is 13.1. The molecule has 184 valence electrons. The first-order chi connectivity index (χ1) is 16.8.